The van der Waals surface area contributed by atoms with E-state index in [1.807, 2.05) is 0 Å². The number of carbonyl (C=O) groups is 5. The van der Waals surface area contributed by atoms with Gasteiger partial charge in [-0.1, -0.05) is 72.8 Å². The van der Waals surface area contributed by atoms with Crippen molar-refractivity contribution in [2.45, 2.75) is 43.0 Å². The number of hydrogen-bond donors (Lipinski definition) is 0. The number of ether oxygens (including phenoxy) is 6. The van der Waals surface area contributed by atoms with E-state index < -0.39 is 66.7 Å². The van der Waals surface area contributed by atoms with Gasteiger partial charge in [-0.05, 0) is 48.5 Å². The second-order valence-corrected chi connectivity index (χ2v) is 11.1. The molecule has 4 aromatic rings. The zero-order chi connectivity index (χ0) is 33.5. The van der Waals surface area contributed by atoms with Crippen molar-refractivity contribution >= 4 is 29.8 Å². The van der Waals surface area contributed by atoms with Gasteiger partial charge < -0.3 is 28.4 Å². The SMILES string of the molecule is O=C(OC[C@@H](OC(=O)c1ccccc1)[C@@H](OC(=O)c1ccccc1)[C@H]1C[C@@H]2C[C@@](OC(=O)c3ccccc3)(O1)C(=O)O2)c1ccccc1. The van der Waals surface area contributed by atoms with Crippen LogP contribution in [0.2, 0.25) is 0 Å². The van der Waals surface area contributed by atoms with E-state index in [0.717, 1.165) is 0 Å². The highest BCUT2D eigenvalue weighted by Crippen LogP contribution is 2.42. The summed E-state index contributed by atoms with van der Waals surface area (Å²) in [6.45, 7) is -0.560. The third-order valence-electron chi connectivity index (χ3n) is 7.83. The van der Waals surface area contributed by atoms with E-state index in [1.165, 1.54) is 36.4 Å². The molecule has 6 rings (SSSR count). The second-order valence-electron chi connectivity index (χ2n) is 11.1. The van der Waals surface area contributed by atoms with Gasteiger partial charge in [-0.15, -0.1) is 0 Å². The first-order valence-corrected chi connectivity index (χ1v) is 15.2. The maximum Gasteiger partial charge on any atom is 0.380 e. The van der Waals surface area contributed by atoms with E-state index in [1.54, 1.807) is 84.9 Å². The Bertz CT molecular complexity index is 1760. The molecule has 0 amide bonds. The molecule has 2 saturated heterocycles. The van der Waals surface area contributed by atoms with Gasteiger partial charge in [0.1, 0.15) is 18.8 Å². The summed E-state index contributed by atoms with van der Waals surface area (Å²) in [7, 11) is 0. The fraction of sp³-hybridized carbons (Fsp3) is 0.216. The molecule has 2 aliphatic rings. The van der Waals surface area contributed by atoms with Crippen LogP contribution in [0.5, 0.6) is 0 Å². The molecule has 2 bridgehead atoms. The molecule has 5 atom stereocenters. The third kappa shape index (κ3) is 7.26. The van der Waals surface area contributed by atoms with Crippen molar-refractivity contribution in [3.63, 3.8) is 0 Å². The molecule has 244 valence electrons. The molecule has 11 nitrogen and oxygen atoms in total. The lowest BCUT2D eigenvalue weighted by atomic mass is 9.95. The smallest absolute Gasteiger partial charge is 0.380 e. The molecule has 2 heterocycles. The van der Waals surface area contributed by atoms with Gasteiger partial charge >= 0.3 is 35.6 Å². The highest BCUT2D eigenvalue weighted by molar-refractivity contribution is 5.93. The van der Waals surface area contributed by atoms with Crippen LogP contribution in [0.3, 0.4) is 0 Å². The first-order valence-electron chi connectivity index (χ1n) is 15.2. The molecule has 48 heavy (non-hydrogen) atoms. The summed E-state index contributed by atoms with van der Waals surface area (Å²) < 4.78 is 34.8. The predicted molar refractivity (Wildman–Crippen MR) is 167 cm³/mol. The Labute approximate surface area is 275 Å². The molecule has 0 aliphatic carbocycles. The Hall–Kier alpha value is -5.81. The van der Waals surface area contributed by atoms with Crippen LogP contribution in [-0.4, -0.2) is 66.7 Å². The molecule has 4 aromatic carbocycles. The molecule has 11 heteroatoms. The summed E-state index contributed by atoms with van der Waals surface area (Å²) in [6.07, 6.45) is -5.07. The molecule has 0 saturated carbocycles. The molecule has 0 unspecified atom stereocenters. The average Bonchev–Trinajstić information content (AvgIpc) is 3.35. The van der Waals surface area contributed by atoms with E-state index in [2.05, 4.69) is 0 Å². The summed E-state index contributed by atoms with van der Waals surface area (Å²) in [5.41, 5.74) is 0.763. The van der Waals surface area contributed by atoms with Gasteiger partial charge in [0.05, 0.1) is 28.7 Å². The fourth-order valence-corrected chi connectivity index (χ4v) is 5.48. The highest BCUT2D eigenvalue weighted by atomic mass is 16.8. The van der Waals surface area contributed by atoms with Crippen LogP contribution in [-0.2, 0) is 33.2 Å². The zero-order valence-corrected chi connectivity index (χ0v) is 25.5. The minimum absolute atomic E-state index is 0.0187. The minimum Gasteiger partial charge on any atom is -0.458 e. The summed E-state index contributed by atoms with van der Waals surface area (Å²) in [5.74, 6) is -6.27. The lowest BCUT2D eigenvalue weighted by Crippen LogP contribution is -2.55. The number of rotatable bonds is 11. The van der Waals surface area contributed by atoms with E-state index in [-0.39, 0.29) is 35.1 Å². The first-order chi connectivity index (χ1) is 23.3. The predicted octanol–water partition coefficient (Wildman–Crippen LogP) is 4.95. The van der Waals surface area contributed by atoms with E-state index in [9.17, 15) is 24.0 Å². The Morgan fingerprint density at radius 3 is 1.62 bits per heavy atom. The normalized spacial score (nSPS) is 20.8. The van der Waals surface area contributed by atoms with Gasteiger partial charge in [0.2, 0.25) is 0 Å². The van der Waals surface area contributed by atoms with Crippen LogP contribution >= 0.6 is 0 Å². The largest absolute Gasteiger partial charge is 0.458 e. The van der Waals surface area contributed by atoms with Crippen molar-refractivity contribution in [3.8, 4) is 0 Å². The van der Waals surface area contributed by atoms with Gasteiger partial charge in [-0.2, -0.15) is 0 Å². The zero-order valence-electron chi connectivity index (χ0n) is 25.5. The van der Waals surface area contributed by atoms with Crippen LogP contribution < -0.4 is 0 Å². The lowest BCUT2D eigenvalue weighted by molar-refractivity contribution is -0.252. The topological polar surface area (TPSA) is 141 Å². The molecule has 0 aromatic heterocycles. The summed E-state index contributed by atoms with van der Waals surface area (Å²) in [5, 5.41) is 0. The highest BCUT2D eigenvalue weighted by Gasteiger charge is 2.61. The second kappa shape index (κ2) is 14.3. The number of benzene rings is 4. The van der Waals surface area contributed by atoms with Gasteiger partial charge in [0.15, 0.2) is 12.2 Å². The molecule has 0 spiro atoms. The van der Waals surface area contributed by atoms with Crippen LogP contribution in [0.1, 0.15) is 54.3 Å². The van der Waals surface area contributed by atoms with Crippen LogP contribution in [0, 0.1) is 0 Å². The summed E-state index contributed by atoms with van der Waals surface area (Å²) >= 11 is 0. The van der Waals surface area contributed by atoms with Crippen molar-refractivity contribution in [2.75, 3.05) is 6.61 Å². The van der Waals surface area contributed by atoms with Crippen LogP contribution in [0.15, 0.2) is 121 Å². The minimum atomic E-state index is -2.17. The number of esters is 5. The maximum absolute atomic E-state index is 13.5. The van der Waals surface area contributed by atoms with Crippen molar-refractivity contribution in [2.24, 2.45) is 0 Å². The maximum atomic E-state index is 13.5. The monoisotopic (exact) mass is 650 g/mol. The first kappa shape index (κ1) is 32.1. The number of fused-ring (bicyclic) bond motifs is 2. The summed E-state index contributed by atoms with van der Waals surface area (Å²) in [6, 6.07) is 32.3. The van der Waals surface area contributed by atoms with Crippen LogP contribution in [0.4, 0.5) is 0 Å². The Balaban J connectivity index is 1.33. The van der Waals surface area contributed by atoms with Crippen molar-refractivity contribution in [1.82, 2.24) is 0 Å². The van der Waals surface area contributed by atoms with Crippen molar-refractivity contribution in [3.05, 3.63) is 144 Å². The van der Waals surface area contributed by atoms with E-state index >= 15 is 0 Å². The van der Waals surface area contributed by atoms with Gasteiger partial charge in [0, 0.05) is 6.42 Å². The van der Waals surface area contributed by atoms with E-state index in [4.69, 9.17) is 28.4 Å². The lowest BCUT2D eigenvalue weighted by Gasteiger charge is -2.38. The molecular weight excluding hydrogens is 620 g/mol. The average molecular weight is 651 g/mol. The fourth-order valence-electron chi connectivity index (χ4n) is 5.48. The quantitative estimate of drug-likeness (QED) is 0.161. The standard InChI is InChI=1S/C37H30O11/c38-32(24-13-5-1-6-14-24)43-23-30(45-33(39)25-15-7-2-8-16-25)31(46-34(40)26-17-9-3-10-18-26)29-21-28-22-37(47-29,36(42)44-28)48-35(41)27-19-11-4-12-20-27/h1-20,28-31H,21-23H2/t28-,29-,30-,31+,37+/m1/s1. The molecular formula is C37H30O11. The van der Waals surface area contributed by atoms with Crippen molar-refractivity contribution in [1.29, 1.82) is 0 Å². The van der Waals surface area contributed by atoms with Gasteiger partial charge in [-0.3, -0.25) is 0 Å². The Morgan fingerprint density at radius 2 is 1.10 bits per heavy atom. The molecule has 2 aliphatic heterocycles. The number of carbonyl (C=O) groups excluding carboxylic acids is 5. The van der Waals surface area contributed by atoms with Gasteiger partial charge in [0.25, 0.3) is 0 Å². The Kier molecular flexibility index (Phi) is 9.58. The molecule has 0 radical (unpaired) electrons. The molecule has 0 N–H and O–H groups in total. The van der Waals surface area contributed by atoms with E-state index in [0.29, 0.717) is 0 Å². The summed E-state index contributed by atoms with van der Waals surface area (Å²) in [4.78, 5) is 66.1. The third-order valence-corrected chi connectivity index (χ3v) is 7.83. The van der Waals surface area contributed by atoms with Crippen molar-refractivity contribution < 1.29 is 52.4 Å². The molecule has 2 fully saturated rings. The van der Waals surface area contributed by atoms with Crippen LogP contribution in [0.25, 0.3) is 0 Å². The Morgan fingerprint density at radius 1 is 0.646 bits per heavy atom. The van der Waals surface area contributed by atoms with Gasteiger partial charge in [-0.25, -0.2) is 24.0 Å². The number of hydrogen-bond acceptors (Lipinski definition) is 11.